The molecule has 2 unspecified atom stereocenters. The van der Waals surface area contributed by atoms with Gasteiger partial charge in [-0.05, 0) is 129 Å². The summed E-state index contributed by atoms with van der Waals surface area (Å²) in [5, 5.41) is 0. The van der Waals surface area contributed by atoms with Gasteiger partial charge >= 0.3 is 0 Å². The summed E-state index contributed by atoms with van der Waals surface area (Å²) in [6.07, 6.45) is 12.4. The number of piperidine rings is 2. The second-order valence-electron chi connectivity index (χ2n) is 13.4. The maximum absolute atomic E-state index is 6.19. The first-order valence-electron chi connectivity index (χ1n) is 16.2. The molecule has 0 N–H and O–H groups in total. The van der Waals surface area contributed by atoms with Crippen LogP contribution in [0, 0.1) is 11.3 Å². The molecule has 37 heavy (non-hydrogen) atoms. The van der Waals surface area contributed by atoms with E-state index in [1.807, 2.05) is 0 Å². The number of hydrogen-bond acceptors (Lipinski definition) is 6. The lowest BCUT2D eigenvalue weighted by Gasteiger charge is -2.55. The van der Waals surface area contributed by atoms with Crippen LogP contribution in [-0.4, -0.2) is 135 Å². The molecule has 0 aromatic carbocycles. The Morgan fingerprint density at radius 1 is 0.784 bits per heavy atom. The molecule has 0 radical (unpaired) electrons. The largest absolute Gasteiger partial charge is 0.379 e. The van der Waals surface area contributed by atoms with Crippen LogP contribution in [0.3, 0.4) is 0 Å². The molecule has 0 bridgehead atoms. The highest BCUT2D eigenvalue weighted by Crippen LogP contribution is 2.41. The van der Waals surface area contributed by atoms with Gasteiger partial charge in [0.1, 0.15) is 0 Å². The summed E-state index contributed by atoms with van der Waals surface area (Å²) in [5.74, 6) is 0.949. The van der Waals surface area contributed by atoms with Crippen LogP contribution in [0.25, 0.3) is 0 Å². The van der Waals surface area contributed by atoms with E-state index < -0.39 is 0 Å². The first kappa shape index (κ1) is 29.7. The fourth-order valence-corrected chi connectivity index (χ4v) is 7.37. The predicted octanol–water partition coefficient (Wildman–Crippen LogP) is 4.11. The Morgan fingerprint density at radius 3 is 2.14 bits per heavy atom. The van der Waals surface area contributed by atoms with Crippen molar-refractivity contribution in [2.45, 2.75) is 90.7 Å². The Balaban J connectivity index is 0.982. The van der Waals surface area contributed by atoms with Crippen LogP contribution in [0.1, 0.15) is 78.6 Å². The Labute approximate surface area is 230 Å². The van der Waals surface area contributed by atoms with Crippen molar-refractivity contribution in [1.29, 1.82) is 0 Å². The van der Waals surface area contributed by atoms with Gasteiger partial charge in [0.2, 0.25) is 0 Å². The molecule has 4 saturated heterocycles. The topological polar surface area (TPSA) is 25.4 Å². The van der Waals surface area contributed by atoms with E-state index in [2.05, 4.69) is 52.3 Å². The van der Waals surface area contributed by atoms with Gasteiger partial charge in [-0.3, -0.25) is 0 Å². The summed E-state index contributed by atoms with van der Waals surface area (Å²) in [7, 11) is 2.27. The Bertz CT molecular complexity index is 615. The molecule has 4 heterocycles. The molecule has 6 nitrogen and oxygen atoms in total. The van der Waals surface area contributed by atoms with Crippen molar-refractivity contribution < 1.29 is 4.74 Å². The van der Waals surface area contributed by atoms with E-state index in [0.717, 1.165) is 12.5 Å². The summed E-state index contributed by atoms with van der Waals surface area (Å²) in [5.41, 5.74) is 0.655. The monoisotopic (exact) mass is 519 g/mol. The first-order chi connectivity index (χ1) is 17.9. The maximum Gasteiger partial charge on any atom is 0.0547 e. The lowest BCUT2D eigenvalue weighted by Crippen LogP contribution is -2.61. The summed E-state index contributed by atoms with van der Waals surface area (Å²) < 4.78 is 6.19. The van der Waals surface area contributed by atoms with Gasteiger partial charge in [0.15, 0.2) is 0 Å². The molecule has 4 aliphatic heterocycles. The number of ether oxygens (including phenoxy) is 1. The molecule has 4 aliphatic rings. The van der Waals surface area contributed by atoms with E-state index in [1.54, 1.807) is 0 Å². The molecule has 0 amide bonds. The van der Waals surface area contributed by atoms with E-state index in [-0.39, 0.29) is 0 Å². The highest BCUT2D eigenvalue weighted by atomic mass is 16.5. The zero-order chi connectivity index (χ0) is 26.1. The molecule has 6 heteroatoms. The quantitative estimate of drug-likeness (QED) is 0.321. The van der Waals surface area contributed by atoms with Crippen molar-refractivity contribution in [2.75, 3.05) is 98.7 Å². The van der Waals surface area contributed by atoms with Crippen molar-refractivity contribution in [3.05, 3.63) is 0 Å². The van der Waals surface area contributed by atoms with Crippen molar-refractivity contribution >= 4 is 0 Å². The van der Waals surface area contributed by atoms with Crippen LogP contribution in [0.15, 0.2) is 0 Å². The summed E-state index contributed by atoms with van der Waals surface area (Å²) >= 11 is 0. The molecule has 216 valence electrons. The van der Waals surface area contributed by atoms with Crippen molar-refractivity contribution in [2.24, 2.45) is 11.3 Å². The predicted molar refractivity (Wildman–Crippen MR) is 156 cm³/mol. The first-order valence-corrected chi connectivity index (χ1v) is 16.2. The number of likely N-dealkylation sites (N-methyl/N-ethyl adjacent to an activating group) is 1. The molecule has 0 saturated carbocycles. The zero-order valence-electron chi connectivity index (χ0n) is 25.1. The highest BCUT2D eigenvalue weighted by molar-refractivity contribution is 4.99. The summed E-state index contributed by atoms with van der Waals surface area (Å²) in [6.45, 7) is 24.8. The van der Waals surface area contributed by atoms with Gasteiger partial charge in [0.25, 0.3) is 0 Å². The molecule has 4 rings (SSSR count). The number of nitrogens with zero attached hydrogens (tertiary/aromatic N) is 5. The van der Waals surface area contributed by atoms with Crippen LogP contribution >= 0.6 is 0 Å². The number of likely N-dealkylation sites (tertiary alicyclic amines) is 3. The highest BCUT2D eigenvalue weighted by Gasteiger charge is 2.45. The smallest absolute Gasteiger partial charge is 0.0547 e. The number of piperazine rings is 1. The summed E-state index contributed by atoms with van der Waals surface area (Å²) in [4.78, 5) is 13.3. The average Bonchev–Trinajstić information content (AvgIpc) is 2.90. The molecule has 0 aromatic rings. The average molecular weight is 520 g/mol. The van der Waals surface area contributed by atoms with Gasteiger partial charge in [-0.15, -0.1) is 0 Å². The van der Waals surface area contributed by atoms with Gasteiger partial charge in [-0.2, -0.15) is 0 Å². The Hall–Kier alpha value is -0.240. The fourth-order valence-electron chi connectivity index (χ4n) is 7.37. The molecule has 1 spiro atoms. The van der Waals surface area contributed by atoms with Crippen LogP contribution in [0.4, 0.5) is 0 Å². The fraction of sp³-hybridized carbons (Fsp3) is 1.00. The van der Waals surface area contributed by atoms with E-state index >= 15 is 0 Å². The molecular formula is C31H61N5O. The minimum Gasteiger partial charge on any atom is -0.379 e. The molecule has 0 aromatic heterocycles. The Morgan fingerprint density at radius 2 is 1.46 bits per heavy atom. The van der Waals surface area contributed by atoms with E-state index in [0.29, 0.717) is 17.6 Å². The summed E-state index contributed by atoms with van der Waals surface area (Å²) in [6, 6.07) is 0.701. The maximum atomic E-state index is 6.19. The van der Waals surface area contributed by atoms with Crippen LogP contribution < -0.4 is 0 Å². The van der Waals surface area contributed by atoms with Crippen LogP contribution in [0.2, 0.25) is 0 Å². The van der Waals surface area contributed by atoms with Crippen LogP contribution in [0.5, 0.6) is 0 Å². The third kappa shape index (κ3) is 9.42. The third-order valence-corrected chi connectivity index (χ3v) is 10.4. The minimum absolute atomic E-state index is 0.403. The van der Waals surface area contributed by atoms with E-state index in [4.69, 9.17) is 4.74 Å². The third-order valence-electron chi connectivity index (χ3n) is 10.4. The van der Waals surface area contributed by atoms with Gasteiger partial charge in [-0.1, -0.05) is 6.92 Å². The van der Waals surface area contributed by atoms with Gasteiger partial charge < -0.3 is 29.2 Å². The molecular weight excluding hydrogens is 458 g/mol. The normalized spacial score (nSPS) is 26.9. The van der Waals surface area contributed by atoms with Crippen molar-refractivity contribution in [1.82, 2.24) is 24.5 Å². The van der Waals surface area contributed by atoms with E-state index in [9.17, 15) is 0 Å². The second-order valence-corrected chi connectivity index (χ2v) is 13.4. The Kier molecular flexibility index (Phi) is 12.0. The number of rotatable bonds is 14. The zero-order valence-corrected chi connectivity index (χ0v) is 25.1. The van der Waals surface area contributed by atoms with E-state index in [1.165, 1.54) is 143 Å². The SMILES string of the molecule is CCN1CCN(CCCCCOC(C)CCC(C)N2CCC3(CC2)CN(CC2CCN(C)CC2)C3)CC1. The lowest BCUT2D eigenvalue weighted by molar-refractivity contribution is -0.0629. The number of hydrogen-bond donors (Lipinski definition) is 0. The number of unbranched alkanes of at least 4 members (excludes halogenated alkanes) is 2. The van der Waals surface area contributed by atoms with Gasteiger partial charge in [0, 0.05) is 58.5 Å². The van der Waals surface area contributed by atoms with Crippen molar-refractivity contribution in [3.63, 3.8) is 0 Å². The second kappa shape index (κ2) is 14.9. The van der Waals surface area contributed by atoms with Crippen LogP contribution in [-0.2, 0) is 4.74 Å². The minimum atomic E-state index is 0.403. The molecule has 0 aliphatic carbocycles. The van der Waals surface area contributed by atoms with Gasteiger partial charge in [-0.25, -0.2) is 0 Å². The molecule has 2 atom stereocenters. The lowest BCUT2D eigenvalue weighted by atomic mass is 9.71. The van der Waals surface area contributed by atoms with Gasteiger partial charge in [0.05, 0.1) is 6.10 Å². The standard InChI is InChI=1S/C31H61N5O/c1-5-33-20-22-34(23-21-33)15-7-6-8-24-37-29(3)10-9-28(2)36-18-13-31(14-19-36)26-35(27-31)25-30-11-16-32(4)17-12-30/h28-30H,5-27H2,1-4H3. The van der Waals surface area contributed by atoms with Crippen molar-refractivity contribution in [3.8, 4) is 0 Å². The molecule has 4 fully saturated rings.